The maximum Gasteiger partial charge on any atom is 0.411 e. The fourth-order valence-electron chi connectivity index (χ4n) is 2.48. The van der Waals surface area contributed by atoms with Gasteiger partial charge in [0.05, 0.1) is 18.0 Å². The van der Waals surface area contributed by atoms with Crippen LogP contribution in [0.1, 0.15) is 5.56 Å². The van der Waals surface area contributed by atoms with Gasteiger partial charge in [-0.25, -0.2) is 4.68 Å². The normalized spacial score (nSPS) is 11.6. The Balaban J connectivity index is 1.87. The molecule has 2 aromatic carbocycles. The number of anilines is 1. The molecule has 7 heteroatoms. The van der Waals surface area contributed by atoms with Crippen LogP contribution in [0.25, 0.3) is 16.9 Å². The van der Waals surface area contributed by atoms with Crippen LogP contribution < -0.4 is 5.73 Å². The Bertz CT molecular complexity index is 844. The van der Waals surface area contributed by atoms with E-state index in [9.17, 15) is 13.2 Å². The third-order valence-electron chi connectivity index (χ3n) is 3.49. The lowest BCUT2D eigenvalue weighted by atomic mass is 10.1. The highest BCUT2D eigenvalue weighted by Gasteiger charge is 2.27. The molecular weight excluding hydrogens is 331 g/mol. The summed E-state index contributed by atoms with van der Waals surface area (Å²) in [6, 6.07) is 18.3. The van der Waals surface area contributed by atoms with Crippen molar-refractivity contribution in [3.63, 3.8) is 0 Å². The van der Waals surface area contributed by atoms with Crippen molar-refractivity contribution in [3.05, 3.63) is 66.2 Å². The minimum Gasteiger partial charge on any atom is -0.382 e. The van der Waals surface area contributed by atoms with E-state index in [-0.39, 0.29) is 6.61 Å². The summed E-state index contributed by atoms with van der Waals surface area (Å²) in [5.74, 6) is 0.359. The van der Waals surface area contributed by atoms with Crippen LogP contribution in [0.15, 0.2) is 60.7 Å². The third-order valence-corrected chi connectivity index (χ3v) is 3.49. The number of nitrogen functional groups attached to an aromatic ring is 1. The summed E-state index contributed by atoms with van der Waals surface area (Å²) >= 11 is 0. The molecule has 0 aliphatic rings. The number of nitrogens with zero attached hydrogens (tertiary/aromatic N) is 2. The van der Waals surface area contributed by atoms with E-state index in [4.69, 9.17) is 10.5 Å². The van der Waals surface area contributed by atoms with Crippen LogP contribution in [0.2, 0.25) is 0 Å². The largest absolute Gasteiger partial charge is 0.411 e. The highest BCUT2D eigenvalue weighted by Crippen LogP contribution is 2.26. The third kappa shape index (κ3) is 4.39. The summed E-state index contributed by atoms with van der Waals surface area (Å²) in [6.45, 7) is -1.39. The molecule has 0 saturated heterocycles. The number of hydrogen-bond donors (Lipinski definition) is 1. The average molecular weight is 347 g/mol. The zero-order valence-corrected chi connectivity index (χ0v) is 13.2. The van der Waals surface area contributed by atoms with E-state index in [2.05, 4.69) is 5.10 Å². The summed E-state index contributed by atoms with van der Waals surface area (Å²) in [5, 5.41) is 4.30. The van der Waals surface area contributed by atoms with E-state index in [1.54, 1.807) is 28.9 Å². The molecule has 1 heterocycles. The highest BCUT2D eigenvalue weighted by atomic mass is 19.4. The smallest absolute Gasteiger partial charge is 0.382 e. The Kier molecular flexibility index (Phi) is 4.76. The van der Waals surface area contributed by atoms with Crippen molar-refractivity contribution >= 4 is 5.82 Å². The minimum atomic E-state index is -4.34. The lowest BCUT2D eigenvalue weighted by molar-refractivity contribution is -0.176. The summed E-state index contributed by atoms with van der Waals surface area (Å²) in [6.07, 6.45) is -4.34. The minimum absolute atomic E-state index is 0.123. The second-order valence-corrected chi connectivity index (χ2v) is 5.51. The van der Waals surface area contributed by atoms with Crippen LogP contribution in [-0.4, -0.2) is 22.6 Å². The second-order valence-electron chi connectivity index (χ2n) is 5.51. The molecule has 2 N–H and O–H groups in total. The Hall–Kier alpha value is -2.80. The topological polar surface area (TPSA) is 53.1 Å². The molecule has 0 amide bonds. The summed E-state index contributed by atoms with van der Waals surface area (Å²) < 4.78 is 43.0. The van der Waals surface area contributed by atoms with E-state index in [0.717, 1.165) is 16.9 Å². The van der Waals surface area contributed by atoms with Gasteiger partial charge >= 0.3 is 6.18 Å². The molecule has 0 saturated carbocycles. The summed E-state index contributed by atoms with van der Waals surface area (Å²) in [5.41, 5.74) is 8.86. The first-order valence-corrected chi connectivity index (χ1v) is 7.57. The summed E-state index contributed by atoms with van der Waals surface area (Å²) in [7, 11) is 0. The number of hydrogen-bond acceptors (Lipinski definition) is 3. The van der Waals surface area contributed by atoms with Gasteiger partial charge in [0.2, 0.25) is 0 Å². The lowest BCUT2D eigenvalue weighted by Crippen LogP contribution is -2.16. The van der Waals surface area contributed by atoms with Gasteiger partial charge in [-0.2, -0.15) is 18.3 Å². The molecule has 4 nitrogen and oxygen atoms in total. The Morgan fingerprint density at radius 1 is 1.00 bits per heavy atom. The zero-order valence-electron chi connectivity index (χ0n) is 13.2. The van der Waals surface area contributed by atoms with Crippen molar-refractivity contribution in [2.24, 2.45) is 0 Å². The van der Waals surface area contributed by atoms with Crippen LogP contribution in [0, 0.1) is 0 Å². The Morgan fingerprint density at radius 2 is 1.76 bits per heavy atom. The zero-order chi connectivity index (χ0) is 17.9. The van der Waals surface area contributed by atoms with Gasteiger partial charge in [-0.15, -0.1) is 0 Å². The number of nitrogens with two attached hydrogens (primary N) is 1. The molecule has 130 valence electrons. The van der Waals surface area contributed by atoms with Gasteiger partial charge in [-0.3, -0.25) is 0 Å². The number of rotatable bonds is 5. The number of aromatic nitrogens is 2. The predicted molar refractivity (Wildman–Crippen MR) is 89.1 cm³/mol. The van der Waals surface area contributed by atoms with E-state index in [1.165, 1.54) is 0 Å². The molecule has 0 aliphatic heterocycles. The predicted octanol–water partition coefficient (Wildman–Crippen LogP) is 4.20. The molecule has 0 fully saturated rings. The molecule has 25 heavy (non-hydrogen) atoms. The van der Waals surface area contributed by atoms with Crippen LogP contribution in [-0.2, 0) is 11.3 Å². The van der Waals surface area contributed by atoms with Gasteiger partial charge < -0.3 is 10.5 Å². The fraction of sp³-hybridized carbons (Fsp3) is 0.167. The number of ether oxygens (including phenoxy) is 1. The van der Waals surface area contributed by atoms with Crippen molar-refractivity contribution in [1.82, 2.24) is 9.78 Å². The van der Waals surface area contributed by atoms with Gasteiger partial charge in [0, 0.05) is 11.6 Å². The molecule has 0 unspecified atom stereocenters. The highest BCUT2D eigenvalue weighted by molar-refractivity contribution is 5.66. The first-order chi connectivity index (χ1) is 11.9. The number of alkyl halides is 3. The van der Waals surface area contributed by atoms with E-state index in [0.29, 0.717) is 11.4 Å². The molecule has 0 radical (unpaired) electrons. The van der Waals surface area contributed by atoms with Crippen LogP contribution in [0.5, 0.6) is 0 Å². The first kappa shape index (κ1) is 17.0. The number of para-hydroxylation sites is 1. The fourth-order valence-corrected chi connectivity index (χ4v) is 2.48. The van der Waals surface area contributed by atoms with Crippen molar-refractivity contribution in [3.8, 4) is 16.9 Å². The standard InChI is InChI=1S/C18H16F3N3O/c19-18(20,21)12-25-11-13-5-4-6-14(9-13)16-10-17(22)23-24(16)15-7-2-1-3-8-15/h1-10H,11-12H2,(H2,22,23). The van der Waals surface area contributed by atoms with Crippen molar-refractivity contribution in [2.75, 3.05) is 12.3 Å². The van der Waals surface area contributed by atoms with Crippen molar-refractivity contribution in [2.45, 2.75) is 12.8 Å². The first-order valence-electron chi connectivity index (χ1n) is 7.57. The van der Waals surface area contributed by atoms with Gasteiger partial charge in [0.1, 0.15) is 12.4 Å². The Morgan fingerprint density at radius 3 is 2.48 bits per heavy atom. The molecule has 1 aromatic heterocycles. The second kappa shape index (κ2) is 6.98. The molecule has 0 aliphatic carbocycles. The van der Waals surface area contributed by atoms with E-state index >= 15 is 0 Å². The molecular formula is C18H16F3N3O. The van der Waals surface area contributed by atoms with Gasteiger partial charge in [-0.1, -0.05) is 36.4 Å². The molecule has 0 bridgehead atoms. The van der Waals surface area contributed by atoms with Crippen molar-refractivity contribution in [1.29, 1.82) is 0 Å². The maximum atomic E-state index is 12.2. The number of halogens is 3. The monoisotopic (exact) mass is 347 g/mol. The summed E-state index contributed by atoms with van der Waals surface area (Å²) in [4.78, 5) is 0. The maximum absolute atomic E-state index is 12.2. The van der Waals surface area contributed by atoms with Gasteiger partial charge in [-0.05, 0) is 23.8 Å². The molecule has 3 rings (SSSR count). The number of benzene rings is 2. The van der Waals surface area contributed by atoms with Crippen molar-refractivity contribution < 1.29 is 17.9 Å². The SMILES string of the molecule is Nc1cc(-c2cccc(COCC(F)(F)F)c2)n(-c2ccccc2)n1. The molecule has 3 aromatic rings. The van der Waals surface area contributed by atoms with Crippen LogP contribution >= 0.6 is 0 Å². The van der Waals surface area contributed by atoms with Crippen LogP contribution in [0.4, 0.5) is 19.0 Å². The molecule has 0 atom stereocenters. The van der Waals surface area contributed by atoms with Gasteiger partial charge in [0.25, 0.3) is 0 Å². The van der Waals surface area contributed by atoms with Gasteiger partial charge in [0.15, 0.2) is 0 Å². The van der Waals surface area contributed by atoms with E-state index < -0.39 is 12.8 Å². The quantitative estimate of drug-likeness (QED) is 0.752. The Labute approximate surface area is 142 Å². The molecule has 0 spiro atoms. The average Bonchev–Trinajstić information content (AvgIpc) is 2.97. The van der Waals surface area contributed by atoms with E-state index in [1.807, 2.05) is 36.4 Å². The van der Waals surface area contributed by atoms with Crippen LogP contribution in [0.3, 0.4) is 0 Å². The lowest BCUT2D eigenvalue weighted by Gasteiger charge is -2.10.